The molecule has 2 saturated heterocycles. The first-order valence-corrected chi connectivity index (χ1v) is 26.9. The fourth-order valence-electron chi connectivity index (χ4n) is 8.76. The number of ether oxygens (including phenoxy) is 1. The van der Waals surface area contributed by atoms with Gasteiger partial charge in [-0.1, -0.05) is 74.5 Å². The quantitative estimate of drug-likeness (QED) is 0.0434. The molecule has 5 rings (SSSR count). The molecule has 0 saturated carbocycles. The fourth-order valence-corrected chi connectivity index (χ4v) is 9.06. The third-order valence-corrected chi connectivity index (χ3v) is 13.8. The van der Waals surface area contributed by atoms with Crippen LogP contribution in [0.25, 0.3) is 0 Å². The van der Waals surface area contributed by atoms with Crippen molar-refractivity contribution in [3.63, 3.8) is 0 Å². The zero-order valence-electron chi connectivity index (χ0n) is 44.7. The van der Waals surface area contributed by atoms with Crippen LogP contribution < -0.4 is 31.9 Å². The number of hydrogen-bond donors (Lipinski definition) is 11. The number of hydrogen-bond acceptors (Lipinski definition) is 17. The number of amides is 8. The normalized spacial score (nSPS) is 23.5. The van der Waals surface area contributed by atoms with Crippen molar-refractivity contribution < 1.29 is 85.5 Å². The number of aromatic hydroxyl groups is 2. The number of allylic oxidation sites excluding steroid dienone is 1. The molecule has 434 valence electrons. The Balaban J connectivity index is 1.55. The predicted molar refractivity (Wildman–Crippen MR) is 282 cm³/mol. The highest BCUT2D eigenvalue weighted by molar-refractivity contribution is 7.80. The second kappa shape index (κ2) is 28.3. The van der Waals surface area contributed by atoms with Crippen LogP contribution in [-0.2, 0) is 81.7 Å². The number of aliphatic hydroxyl groups excluding tert-OH is 2. The molecular formula is C53H68N8O18S. The number of carbonyl (C=O) groups excluding carboxylic acids is 9. The van der Waals surface area contributed by atoms with E-state index in [0.717, 1.165) is 16.7 Å². The number of esters is 1. The first kappa shape index (κ1) is 62.9. The summed E-state index contributed by atoms with van der Waals surface area (Å²) in [6.07, 6.45) is -5.11. The van der Waals surface area contributed by atoms with Gasteiger partial charge in [-0.2, -0.15) is 8.42 Å². The molecule has 2 aliphatic heterocycles. The number of nitrogens with zero attached hydrogens (tertiary/aromatic N) is 2. The molecule has 10 atom stereocenters. The summed E-state index contributed by atoms with van der Waals surface area (Å²) in [5, 5.41) is 56.3. The standard InChI is InChI=1S/C53H68N8O18S/c1-7-36-46(67)57-38-23-24-42(65)61(51(38)72)40(26-32-11-9-8-10-12-32)52(73)60(6)39(25-33-15-20-35(63)21-16-33)48(69)58-43(28(2)3)53(74)79-30(5)44(50(71)55-36)59-47(68)37(22-17-31-13-18-34(62)19-14-31)56-45(66)29(4)54-49(70)41(64)27-78-80(75,76)77/h7-16,18-21,28-30,37-44,62-65H,17,22-27H2,1-6H3,(H,54,70)(H,55,71)(H,56,66)(H,57,67)(H,58,69)(H,59,68)(H,75,76,77)/t29-,30+,37-,38-,39-,40-,41+,42+,43-,44-/m0/s1. The highest BCUT2D eigenvalue weighted by Crippen LogP contribution is 2.26. The van der Waals surface area contributed by atoms with Gasteiger partial charge in [0.05, 0.1) is 0 Å². The number of likely N-dealkylation sites (N-methyl/N-ethyl adjacent to an activating group) is 1. The minimum Gasteiger partial charge on any atom is -0.508 e. The minimum absolute atomic E-state index is 0.0288. The van der Waals surface area contributed by atoms with Crippen LogP contribution in [0, 0.1) is 5.92 Å². The lowest BCUT2D eigenvalue weighted by atomic mass is 9.95. The summed E-state index contributed by atoms with van der Waals surface area (Å²) >= 11 is 0. The SMILES string of the molecule is CC=C1NC(=O)[C@@H](NC(=O)[C@H](CCc2ccc(O)cc2)NC(=O)[C@H](C)NC(=O)[C@H](O)COS(=O)(=O)O)[C@@H](C)OC(=O)[C@H](C(C)C)NC(=O)[C@H](Cc2ccc(O)cc2)N(C)C(=O)[C@H](Cc2ccccc2)N2C(=O)[C@H](CC[C@H]2O)NC1=O. The average Bonchev–Trinajstić information content (AvgIpc) is 3.45. The van der Waals surface area contributed by atoms with Crippen molar-refractivity contribution >= 4 is 63.6 Å². The smallest absolute Gasteiger partial charge is 0.397 e. The van der Waals surface area contributed by atoms with Gasteiger partial charge in [0.1, 0.15) is 78.4 Å². The highest BCUT2D eigenvalue weighted by Gasteiger charge is 2.45. The molecule has 11 N–H and O–H groups in total. The van der Waals surface area contributed by atoms with Gasteiger partial charge in [-0.25, -0.2) is 8.98 Å². The first-order valence-electron chi connectivity index (χ1n) is 25.5. The van der Waals surface area contributed by atoms with E-state index >= 15 is 4.79 Å². The molecule has 2 aliphatic rings. The molecule has 0 aliphatic carbocycles. The van der Waals surface area contributed by atoms with Gasteiger partial charge in [0, 0.05) is 19.9 Å². The lowest BCUT2D eigenvalue weighted by Gasteiger charge is -2.43. The Morgan fingerprint density at radius 2 is 1.38 bits per heavy atom. The van der Waals surface area contributed by atoms with Crippen molar-refractivity contribution in [2.75, 3.05) is 13.7 Å². The molecular weight excluding hydrogens is 1070 g/mol. The summed E-state index contributed by atoms with van der Waals surface area (Å²) in [7, 11) is -3.75. The van der Waals surface area contributed by atoms with Crippen LogP contribution in [0.3, 0.4) is 0 Å². The zero-order valence-corrected chi connectivity index (χ0v) is 45.5. The van der Waals surface area contributed by atoms with Crippen LogP contribution in [0.2, 0.25) is 0 Å². The van der Waals surface area contributed by atoms with Crippen molar-refractivity contribution in [2.24, 2.45) is 5.92 Å². The molecule has 80 heavy (non-hydrogen) atoms. The van der Waals surface area contributed by atoms with E-state index in [1.165, 1.54) is 75.5 Å². The van der Waals surface area contributed by atoms with Gasteiger partial charge >= 0.3 is 16.4 Å². The van der Waals surface area contributed by atoms with Crippen molar-refractivity contribution in [2.45, 2.75) is 134 Å². The zero-order chi connectivity index (χ0) is 59.2. The molecule has 8 amide bonds. The minimum atomic E-state index is -5.06. The van der Waals surface area contributed by atoms with E-state index in [1.54, 1.807) is 44.2 Å². The Hall–Kier alpha value is -7.98. The number of cyclic esters (lactones) is 1. The summed E-state index contributed by atoms with van der Waals surface area (Å²) in [6.45, 7) is 5.63. The second-order valence-electron chi connectivity index (χ2n) is 19.6. The Labute approximate surface area is 461 Å². The van der Waals surface area contributed by atoms with Gasteiger partial charge in [-0.05, 0) is 93.3 Å². The number of aryl methyl sites for hydroxylation is 1. The molecule has 26 nitrogen and oxygen atoms in total. The Bertz CT molecular complexity index is 2870. The van der Waals surface area contributed by atoms with Crippen LogP contribution in [0.1, 0.15) is 70.6 Å². The van der Waals surface area contributed by atoms with Crippen LogP contribution >= 0.6 is 0 Å². The average molecular weight is 1140 g/mol. The van der Waals surface area contributed by atoms with Crippen LogP contribution in [0.15, 0.2) is 90.6 Å². The predicted octanol–water partition coefficient (Wildman–Crippen LogP) is -1.10. The van der Waals surface area contributed by atoms with E-state index in [9.17, 15) is 67.2 Å². The van der Waals surface area contributed by atoms with Crippen molar-refractivity contribution in [3.05, 3.63) is 107 Å². The van der Waals surface area contributed by atoms with Crippen LogP contribution in [0.4, 0.5) is 0 Å². The Morgan fingerprint density at radius 1 is 0.787 bits per heavy atom. The van der Waals surface area contributed by atoms with Crippen molar-refractivity contribution in [3.8, 4) is 11.5 Å². The second-order valence-corrected chi connectivity index (χ2v) is 20.7. The molecule has 3 aromatic rings. The molecule has 27 heteroatoms. The van der Waals surface area contributed by atoms with E-state index in [4.69, 9.17) is 9.29 Å². The van der Waals surface area contributed by atoms with Gasteiger partial charge in [0.2, 0.25) is 29.5 Å². The molecule has 2 fully saturated rings. The number of piperidine rings is 1. The number of phenolic OH excluding ortho intramolecular Hbond substituents is 2. The third kappa shape index (κ3) is 17.5. The number of fused-ring (bicyclic) bond motifs is 2. The first-order chi connectivity index (χ1) is 37.7. The molecule has 2 heterocycles. The maximum absolute atomic E-state index is 15.1. The monoisotopic (exact) mass is 1140 g/mol. The van der Waals surface area contributed by atoms with E-state index in [1.807, 2.05) is 0 Å². The van der Waals surface area contributed by atoms with Gasteiger partial charge in [0.25, 0.3) is 17.7 Å². The lowest BCUT2D eigenvalue weighted by Crippen LogP contribution is -2.64. The summed E-state index contributed by atoms with van der Waals surface area (Å²) in [6, 6.07) is 9.14. The van der Waals surface area contributed by atoms with E-state index in [2.05, 4.69) is 36.1 Å². The molecule has 0 spiro atoms. The summed E-state index contributed by atoms with van der Waals surface area (Å²) in [4.78, 5) is 130. The number of phenols is 2. The molecule has 0 aromatic heterocycles. The van der Waals surface area contributed by atoms with Gasteiger partial charge in [-0.15, -0.1) is 0 Å². The topological polar surface area (TPSA) is 386 Å². The third-order valence-electron chi connectivity index (χ3n) is 13.4. The summed E-state index contributed by atoms with van der Waals surface area (Å²) in [5.41, 5.74) is 1.11. The summed E-state index contributed by atoms with van der Waals surface area (Å²) < 4.78 is 40.7. The number of carbonyl (C=O) groups is 9. The fraction of sp³-hybridized carbons (Fsp3) is 0.453. The van der Waals surface area contributed by atoms with Crippen molar-refractivity contribution in [1.29, 1.82) is 0 Å². The maximum atomic E-state index is 15.1. The number of rotatable bonds is 17. The van der Waals surface area contributed by atoms with Gasteiger partial charge in [-0.3, -0.25) is 42.9 Å². The van der Waals surface area contributed by atoms with Gasteiger partial charge < -0.3 is 66.9 Å². The van der Waals surface area contributed by atoms with Crippen molar-refractivity contribution in [1.82, 2.24) is 41.7 Å². The molecule has 3 aromatic carbocycles. The number of nitrogens with one attached hydrogen (secondary N) is 6. The Morgan fingerprint density at radius 3 is 1.96 bits per heavy atom. The van der Waals surface area contributed by atoms with E-state index in [-0.39, 0.29) is 50.0 Å². The molecule has 0 unspecified atom stereocenters. The summed E-state index contributed by atoms with van der Waals surface area (Å²) in [5.74, 6) is -10.3. The Kier molecular flexibility index (Phi) is 22.2. The van der Waals surface area contributed by atoms with E-state index < -0.39 is 143 Å². The highest BCUT2D eigenvalue weighted by atomic mass is 32.3. The van der Waals surface area contributed by atoms with E-state index in [0.29, 0.717) is 16.7 Å². The number of benzene rings is 3. The van der Waals surface area contributed by atoms with Gasteiger partial charge in [0.15, 0.2) is 6.10 Å². The lowest BCUT2D eigenvalue weighted by molar-refractivity contribution is -0.165. The van der Waals surface area contributed by atoms with Crippen LogP contribution in [-0.4, -0.2) is 171 Å². The van der Waals surface area contributed by atoms with Crippen LogP contribution in [0.5, 0.6) is 11.5 Å². The maximum Gasteiger partial charge on any atom is 0.397 e. The molecule has 2 bridgehead atoms. The number of aliphatic hydroxyl groups is 2. The molecule has 0 radical (unpaired) electrons. The largest absolute Gasteiger partial charge is 0.508 e.